The Balaban J connectivity index is 1.18. The molecule has 0 radical (unpaired) electrons. The highest BCUT2D eigenvalue weighted by Crippen LogP contribution is 2.71. The first-order valence-corrected chi connectivity index (χ1v) is 19.4. The minimum Gasteiger partial charge on any atom is -0.481 e. The number of carbonyl (C=O) groups is 1. The Morgan fingerprint density at radius 2 is 1.57 bits per heavy atom. The molecule has 0 bridgehead atoms. The molecule has 16 atom stereocenters. The standard InChI is InChI=1S/C40H62O11/c1-36(2)13-15-40(35(47)48)16-14-38(5)20-9-10-27-37(3,4)23(11-12-39(27,6)21(20)7-8-22(38)24(40)17-36)32-33(28(43)25(42)19-49-32)51-34-31(46)30(45)29(44)26(18-41)50-34/h7-8,20-21,23,25-34,41-46H,9-19H2,1-6H3,(H,47,48)/t20?,21?,23-,25-,26-,27?,28+,29-,30+,31-,32?,33-,34+,38+,39+,40-/m1/s1. The van der Waals surface area contributed by atoms with E-state index in [1.807, 2.05) is 0 Å². The first kappa shape index (κ1) is 37.9. The van der Waals surface area contributed by atoms with Crippen molar-refractivity contribution in [2.45, 2.75) is 154 Å². The van der Waals surface area contributed by atoms with Crippen molar-refractivity contribution in [3.63, 3.8) is 0 Å². The molecule has 11 heteroatoms. The maximum Gasteiger partial charge on any atom is 0.313 e. The summed E-state index contributed by atoms with van der Waals surface area (Å²) in [5, 5.41) is 73.8. The van der Waals surface area contributed by atoms with Gasteiger partial charge in [-0.15, -0.1) is 0 Å². The summed E-state index contributed by atoms with van der Waals surface area (Å²) in [6.07, 6.45) is 0.712. The normalized spacial score (nSPS) is 51.9. The lowest BCUT2D eigenvalue weighted by atomic mass is 9.38. The predicted molar refractivity (Wildman–Crippen MR) is 186 cm³/mol. The zero-order valence-corrected chi connectivity index (χ0v) is 31.2. The lowest BCUT2D eigenvalue weighted by Crippen LogP contribution is -2.66. The minimum atomic E-state index is -1.65. The van der Waals surface area contributed by atoms with Crippen LogP contribution in [0.25, 0.3) is 0 Å². The molecule has 5 aliphatic carbocycles. The highest BCUT2D eigenvalue weighted by atomic mass is 16.7. The number of carboxylic acids is 1. The van der Waals surface area contributed by atoms with Gasteiger partial charge in [0.15, 0.2) is 6.29 Å². The van der Waals surface area contributed by atoms with E-state index in [9.17, 15) is 40.5 Å². The van der Waals surface area contributed by atoms with E-state index >= 15 is 0 Å². The fraction of sp³-hybridized carbons (Fsp3) is 0.875. The van der Waals surface area contributed by atoms with Crippen LogP contribution in [0, 0.1) is 50.7 Å². The summed E-state index contributed by atoms with van der Waals surface area (Å²) in [6, 6.07) is 0. The third-order valence-electron chi connectivity index (χ3n) is 15.8. The fourth-order valence-electron chi connectivity index (χ4n) is 12.8. The average Bonchev–Trinajstić information content (AvgIpc) is 3.06. The van der Waals surface area contributed by atoms with Crippen molar-refractivity contribution in [2.75, 3.05) is 13.2 Å². The van der Waals surface area contributed by atoms with Crippen LogP contribution in [0.15, 0.2) is 23.3 Å². The molecule has 288 valence electrons. The van der Waals surface area contributed by atoms with Crippen molar-refractivity contribution in [3.05, 3.63) is 23.3 Å². The zero-order chi connectivity index (χ0) is 37.1. The van der Waals surface area contributed by atoms with Gasteiger partial charge < -0.3 is 50.0 Å². The molecule has 3 saturated carbocycles. The van der Waals surface area contributed by atoms with Crippen molar-refractivity contribution in [2.24, 2.45) is 50.7 Å². The van der Waals surface area contributed by atoms with Crippen LogP contribution >= 0.6 is 0 Å². The van der Waals surface area contributed by atoms with Crippen molar-refractivity contribution < 1.29 is 54.8 Å². The molecular formula is C40H62O11. The molecule has 0 aromatic carbocycles. The number of carboxylic acid groups (broad SMARTS) is 1. The molecule has 0 aromatic rings. The van der Waals surface area contributed by atoms with Gasteiger partial charge in [0.1, 0.15) is 42.7 Å². The van der Waals surface area contributed by atoms with E-state index in [0.717, 1.165) is 44.9 Å². The van der Waals surface area contributed by atoms with Crippen LogP contribution in [0.3, 0.4) is 0 Å². The number of aliphatic hydroxyl groups is 6. The first-order chi connectivity index (χ1) is 23.8. The summed E-state index contributed by atoms with van der Waals surface area (Å²) < 4.78 is 18.2. The van der Waals surface area contributed by atoms with Gasteiger partial charge >= 0.3 is 5.97 Å². The van der Waals surface area contributed by atoms with Crippen LogP contribution in [0.4, 0.5) is 0 Å². The van der Waals surface area contributed by atoms with Crippen molar-refractivity contribution in [1.29, 1.82) is 0 Å². The molecule has 4 unspecified atom stereocenters. The summed E-state index contributed by atoms with van der Waals surface area (Å²) in [4.78, 5) is 12.9. The highest BCUT2D eigenvalue weighted by Gasteiger charge is 2.65. The predicted octanol–water partition coefficient (Wildman–Crippen LogP) is 3.32. The molecule has 2 heterocycles. The number of allylic oxidation sites excluding steroid dienone is 3. The van der Waals surface area contributed by atoms with Crippen LogP contribution in [0.5, 0.6) is 0 Å². The molecule has 0 aromatic heterocycles. The van der Waals surface area contributed by atoms with Gasteiger partial charge in [-0.05, 0) is 114 Å². The van der Waals surface area contributed by atoms with E-state index < -0.39 is 73.1 Å². The van der Waals surface area contributed by atoms with Gasteiger partial charge in [0.05, 0.1) is 24.7 Å². The molecule has 7 aliphatic rings. The SMILES string of the molecule is CC1(C)CC[C@@]2(C(=O)O)CC[C@]3(C)C(=C2C1)C=CC1C3CCC2C(C)(C)[C@@H](C3OC[C@@H](O)[C@H](O)[C@H]3O[C@@H]3O[C@H](CO)[C@@H](O)[C@H](O)[C@H]3O)CC[C@@]12C. The second kappa shape index (κ2) is 12.8. The zero-order valence-electron chi connectivity index (χ0n) is 31.2. The molecule has 51 heavy (non-hydrogen) atoms. The summed E-state index contributed by atoms with van der Waals surface area (Å²) in [5.74, 6) is 0.273. The van der Waals surface area contributed by atoms with E-state index in [-0.39, 0.29) is 34.2 Å². The van der Waals surface area contributed by atoms with Crippen LogP contribution < -0.4 is 0 Å². The molecular weight excluding hydrogens is 656 g/mol. The van der Waals surface area contributed by atoms with Crippen LogP contribution in [-0.4, -0.2) is 110 Å². The molecule has 11 nitrogen and oxygen atoms in total. The summed E-state index contributed by atoms with van der Waals surface area (Å²) in [7, 11) is 0. The van der Waals surface area contributed by atoms with Gasteiger partial charge in [0.25, 0.3) is 0 Å². The molecule has 5 fully saturated rings. The number of fused-ring (bicyclic) bond motifs is 6. The number of aliphatic hydroxyl groups excluding tert-OH is 6. The van der Waals surface area contributed by atoms with Crippen molar-refractivity contribution in [1.82, 2.24) is 0 Å². The lowest BCUT2D eigenvalue weighted by molar-refractivity contribution is -0.342. The van der Waals surface area contributed by atoms with E-state index in [4.69, 9.17) is 14.2 Å². The van der Waals surface area contributed by atoms with Crippen LogP contribution in [0.2, 0.25) is 0 Å². The summed E-state index contributed by atoms with van der Waals surface area (Å²) in [6.45, 7) is 13.3. The maximum atomic E-state index is 12.9. The number of hydrogen-bond donors (Lipinski definition) is 7. The van der Waals surface area contributed by atoms with Gasteiger partial charge in [0, 0.05) is 0 Å². The van der Waals surface area contributed by atoms with Gasteiger partial charge in [0.2, 0.25) is 0 Å². The van der Waals surface area contributed by atoms with Gasteiger partial charge in [-0.2, -0.15) is 0 Å². The fourth-order valence-corrected chi connectivity index (χ4v) is 12.8. The van der Waals surface area contributed by atoms with Gasteiger partial charge in [-0.1, -0.05) is 53.7 Å². The van der Waals surface area contributed by atoms with Crippen LogP contribution in [-0.2, 0) is 19.0 Å². The molecule has 2 saturated heterocycles. The van der Waals surface area contributed by atoms with E-state index in [2.05, 4.69) is 53.7 Å². The second-order valence-corrected chi connectivity index (χ2v) is 19.3. The third-order valence-corrected chi connectivity index (χ3v) is 15.8. The quantitative estimate of drug-likeness (QED) is 0.221. The Bertz CT molecular complexity index is 1420. The molecule has 7 rings (SSSR count). The van der Waals surface area contributed by atoms with E-state index in [1.165, 1.54) is 11.1 Å². The van der Waals surface area contributed by atoms with Crippen molar-refractivity contribution in [3.8, 4) is 0 Å². The van der Waals surface area contributed by atoms with E-state index in [0.29, 0.717) is 30.6 Å². The molecule has 0 spiro atoms. The average molecular weight is 719 g/mol. The minimum absolute atomic E-state index is 0.0355. The lowest BCUT2D eigenvalue weighted by Gasteiger charge is -2.66. The Hall–Kier alpha value is -1.41. The van der Waals surface area contributed by atoms with Gasteiger partial charge in [-0.25, -0.2) is 0 Å². The smallest absolute Gasteiger partial charge is 0.313 e. The van der Waals surface area contributed by atoms with Gasteiger partial charge in [-0.3, -0.25) is 4.79 Å². The second-order valence-electron chi connectivity index (χ2n) is 19.3. The first-order valence-electron chi connectivity index (χ1n) is 19.4. The topological polar surface area (TPSA) is 186 Å². The van der Waals surface area contributed by atoms with Crippen molar-refractivity contribution >= 4 is 5.97 Å². The van der Waals surface area contributed by atoms with Crippen LogP contribution in [0.1, 0.15) is 99.3 Å². The number of rotatable bonds is 5. The number of hydrogen-bond acceptors (Lipinski definition) is 10. The number of ether oxygens (including phenoxy) is 3. The largest absolute Gasteiger partial charge is 0.481 e. The Kier molecular flexibility index (Phi) is 9.54. The third kappa shape index (κ3) is 5.65. The molecule has 7 N–H and O–H groups in total. The Morgan fingerprint density at radius 1 is 0.863 bits per heavy atom. The Morgan fingerprint density at radius 3 is 2.25 bits per heavy atom. The van der Waals surface area contributed by atoms with E-state index in [1.54, 1.807) is 0 Å². The molecule has 0 amide bonds. The Labute approximate surface area is 302 Å². The highest BCUT2D eigenvalue weighted by molar-refractivity contribution is 5.80. The maximum absolute atomic E-state index is 12.9. The monoisotopic (exact) mass is 718 g/mol. The number of aliphatic carboxylic acids is 1. The summed E-state index contributed by atoms with van der Waals surface area (Å²) >= 11 is 0. The summed E-state index contributed by atoms with van der Waals surface area (Å²) in [5.41, 5.74) is 1.37. The molecule has 2 aliphatic heterocycles.